The standard InChI is InChI=1S/C15H15BrN4O3/c16-11-1-3-12(4-2-11)20-8-6-13(18-20)17-15(23)19-7-5-10(9-19)14(21)22/h1-4,6,8,10H,5,7,9H2,(H,21,22)(H,17,18,23). The molecule has 1 unspecified atom stereocenters. The van der Waals surface area contributed by atoms with Gasteiger partial charge in [-0.25, -0.2) is 9.48 Å². The summed E-state index contributed by atoms with van der Waals surface area (Å²) in [5.41, 5.74) is 0.876. The van der Waals surface area contributed by atoms with Gasteiger partial charge in [-0.3, -0.25) is 10.1 Å². The Kier molecular flexibility index (Phi) is 4.33. The fourth-order valence-corrected chi connectivity index (χ4v) is 2.73. The summed E-state index contributed by atoms with van der Waals surface area (Å²) < 4.78 is 2.63. The van der Waals surface area contributed by atoms with Crippen LogP contribution >= 0.6 is 15.9 Å². The lowest BCUT2D eigenvalue weighted by molar-refractivity contribution is -0.141. The van der Waals surface area contributed by atoms with Gasteiger partial charge >= 0.3 is 12.0 Å². The molecule has 1 fully saturated rings. The second-order valence-electron chi connectivity index (χ2n) is 5.32. The van der Waals surface area contributed by atoms with Crippen molar-refractivity contribution in [1.29, 1.82) is 0 Å². The van der Waals surface area contributed by atoms with Crippen LogP contribution in [-0.2, 0) is 4.79 Å². The van der Waals surface area contributed by atoms with Crippen molar-refractivity contribution < 1.29 is 14.7 Å². The normalized spacial score (nSPS) is 17.3. The predicted octanol–water partition coefficient (Wildman–Crippen LogP) is 2.57. The highest BCUT2D eigenvalue weighted by molar-refractivity contribution is 9.10. The molecule has 1 aliphatic heterocycles. The van der Waals surface area contributed by atoms with Crippen molar-refractivity contribution in [3.8, 4) is 5.69 Å². The van der Waals surface area contributed by atoms with Crippen LogP contribution in [-0.4, -0.2) is 44.9 Å². The molecule has 3 rings (SSSR count). The Hall–Kier alpha value is -2.35. The third kappa shape index (κ3) is 3.53. The van der Waals surface area contributed by atoms with E-state index >= 15 is 0 Å². The number of carboxylic acids is 1. The molecule has 1 atom stereocenters. The van der Waals surface area contributed by atoms with E-state index in [1.54, 1.807) is 16.9 Å². The number of halogens is 1. The molecule has 0 spiro atoms. The van der Waals surface area contributed by atoms with Gasteiger partial charge in [-0.2, -0.15) is 0 Å². The number of hydrogen-bond acceptors (Lipinski definition) is 3. The Labute approximate surface area is 141 Å². The maximum absolute atomic E-state index is 12.1. The van der Waals surface area contributed by atoms with E-state index in [4.69, 9.17) is 5.11 Å². The molecule has 2 heterocycles. The molecule has 0 aliphatic carbocycles. The first-order valence-electron chi connectivity index (χ1n) is 7.13. The number of benzene rings is 1. The van der Waals surface area contributed by atoms with Gasteiger partial charge in [-0.05, 0) is 30.7 Å². The van der Waals surface area contributed by atoms with Crippen LogP contribution in [0.4, 0.5) is 10.6 Å². The molecule has 120 valence electrons. The van der Waals surface area contributed by atoms with Gasteiger partial charge in [0.2, 0.25) is 0 Å². The molecule has 1 aliphatic rings. The number of hydrogen-bond donors (Lipinski definition) is 2. The second-order valence-corrected chi connectivity index (χ2v) is 6.24. The summed E-state index contributed by atoms with van der Waals surface area (Å²) in [4.78, 5) is 24.6. The first-order chi connectivity index (χ1) is 11.0. The molecule has 1 aromatic carbocycles. The van der Waals surface area contributed by atoms with Crippen LogP contribution in [0.3, 0.4) is 0 Å². The maximum atomic E-state index is 12.1. The quantitative estimate of drug-likeness (QED) is 0.858. The summed E-state index contributed by atoms with van der Waals surface area (Å²) in [6.45, 7) is 0.671. The van der Waals surface area contributed by atoms with E-state index < -0.39 is 11.9 Å². The Morgan fingerprint density at radius 2 is 2.00 bits per heavy atom. The zero-order chi connectivity index (χ0) is 16.4. The van der Waals surface area contributed by atoms with E-state index in [1.807, 2.05) is 24.3 Å². The van der Waals surface area contributed by atoms with Gasteiger partial charge in [0.15, 0.2) is 5.82 Å². The number of anilines is 1. The van der Waals surface area contributed by atoms with Gasteiger partial charge in [0, 0.05) is 29.8 Å². The lowest BCUT2D eigenvalue weighted by Crippen LogP contribution is -2.33. The number of aromatic nitrogens is 2. The van der Waals surface area contributed by atoms with E-state index in [1.165, 1.54) is 4.90 Å². The first-order valence-corrected chi connectivity index (χ1v) is 7.92. The molecule has 0 radical (unpaired) electrons. The van der Waals surface area contributed by atoms with Gasteiger partial charge in [0.25, 0.3) is 0 Å². The Morgan fingerprint density at radius 1 is 1.26 bits per heavy atom. The Bertz CT molecular complexity index is 729. The third-order valence-electron chi connectivity index (χ3n) is 3.74. The topological polar surface area (TPSA) is 87.5 Å². The molecule has 1 saturated heterocycles. The minimum Gasteiger partial charge on any atom is -0.481 e. The number of aliphatic carboxylic acids is 1. The maximum Gasteiger partial charge on any atom is 0.323 e. The van der Waals surface area contributed by atoms with Crippen molar-refractivity contribution in [2.75, 3.05) is 18.4 Å². The lowest BCUT2D eigenvalue weighted by Gasteiger charge is -2.15. The van der Waals surface area contributed by atoms with Crippen molar-refractivity contribution in [1.82, 2.24) is 14.7 Å². The number of urea groups is 1. The van der Waals surface area contributed by atoms with Gasteiger partial charge in [0.1, 0.15) is 0 Å². The average molecular weight is 379 g/mol. The van der Waals surface area contributed by atoms with Crippen molar-refractivity contribution >= 4 is 33.7 Å². The van der Waals surface area contributed by atoms with Gasteiger partial charge in [-0.15, -0.1) is 5.10 Å². The summed E-state index contributed by atoms with van der Waals surface area (Å²) >= 11 is 3.37. The average Bonchev–Trinajstić information content (AvgIpc) is 3.17. The number of carbonyl (C=O) groups is 2. The molecule has 7 nitrogen and oxygen atoms in total. The van der Waals surface area contributed by atoms with Gasteiger partial charge in [0.05, 0.1) is 11.6 Å². The summed E-state index contributed by atoms with van der Waals surface area (Å²) in [7, 11) is 0. The van der Waals surface area contributed by atoms with Crippen LogP contribution in [0, 0.1) is 5.92 Å². The number of nitrogens with one attached hydrogen (secondary N) is 1. The van der Waals surface area contributed by atoms with E-state index in [0.717, 1.165) is 10.2 Å². The molecular weight excluding hydrogens is 364 g/mol. The zero-order valence-electron chi connectivity index (χ0n) is 12.1. The molecule has 23 heavy (non-hydrogen) atoms. The second kappa shape index (κ2) is 6.41. The zero-order valence-corrected chi connectivity index (χ0v) is 13.7. The van der Waals surface area contributed by atoms with Crippen molar-refractivity contribution in [2.24, 2.45) is 5.92 Å². The number of carbonyl (C=O) groups excluding carboxylic acids is 1. The van der Waals surface area contributed by atoms with Gasteiger partial charge in [-0.1, -0.05) is 15.9 Å². The first kappa shape index (κ1) is 15.5. The molecule has 0 bridgehead atoms. The highest BCUT2D eigenvalue weighted by Crippen LogP contribution is 2.18. The van der Waals surface area contributed by atoms with E-state index in [0.29, 0.717) is 18.8 Å². The fraction of sp³-hybridized carbons (Fsp3) is 0.267. The number of amides is 2. The third-order valence-corrected chi connectivity index (χ3v) is 4.27. The number of carboxylic acid groups (broad SMARTS) is 1. The van der Waals surface area contributed by atoms with Crippen LogP contribution in [0.5, 0.6) is 0 Å². The smallest absolute Gasteiger partial charge is 0.323 e. The highest BCUT2D eigenvalue weighted by atomic mass is 79.9. The van der Waals surface area contributed by atoms with E-state index in [-0.39, 0.29) is 12.6 Å². The fourth-order valence-electron chi connectivity index (χ4n) is 2.46. The van der Waals surface area contributed by atoms with Crippen LogP contribution < -0.4 is 5.32 Å². The SMILES string of the molecule is O=C(O)C1CCN(C(=O)Nc2ccn(-c3ccc(Br)cc3)n2)C1. The van der Waals surface area contributed by atoms with Crippen LogP contribution in [0.2, 0.25) is 0 Å². The molecule has 2 aromatic rings. The van der Waals surface area contributed by atoms with E-state index in [2.05, 4.69) is 26.3 Å². The number of rotatable bonds is 3. The largest absolute Gasteiger partial charge is 0.481 e. The predicted molar refractivity (Wildman–Crippen MR) is 87.6 cm³/mol. The summed E-state index contributed by atoms with van der Waals surface area (Å²) in [6, 6.07) is 9.00. The highest BCUT2D eigenvalue weighted by Gasteiger charge is 2.31. The minimum atomic E-state index is -0.861. The van der Waals surface area contributed by atoms with E-state index in [9.17, 15) is 9.59 Å². The van der Waals surface area contributed by atoms with Crippen molar-refractivity contribution in [3.63, 3.8) is 0 Å². The molecule has 1 aromatic heterocycles. The van der Waals surface area contributed by atoms with Crippen molar-refractivity contribution in [2.45, 2.75) is 6.42 Å². The molecule has 8 heteroatoms. The molecule has 2 amide bonds. The number of nitrogens with zero attached hydrogens (tertiary/aromatic N) is 3. The summed E-state index contributed by atoms with van der Waals surface area (Å²) in [5.74, 6) is -0.919. The van der Waals surface area contributed by atoms with Crippen LogP contribution in [0.15, 0.2) is 41.0 Å². The summed E-state index contributed by atoms with van der Waals surface area (Å²) in [5, 5.41) is 16.0. The lowest BCUT2D eigenvalue weighted by atomic mass is 10.1. The van der Waals surface area contributed by atoms with Crippen molar-refractivity contribution in [3.05, 3.63) is 41.0 Å². The Morgan fingerprint density at radius 3 is 2.65 bits per heavy atom. The number of likely N-dealkylation sites (tertiary alicyclic amines) is 1. The molecular formula is C15H15BrN4O3. The molecule has 2 N–H and O–H groups in total. The Balaban J connectivity index is 1.64. The minimum absolute atomic E-state index is 0.231. The monoisotopic (exact) mass is 378 g/mol. The summed E-state index contributed by atoms with van der Waals surface area (Å²) in [6.07, 6.45) is 2.24. The van der Waals surface area contributed by atoms with Crippen LogP contribution in [0.25, 0.3) is 5.69 Å². The van der Waals surface area contributed by atoms with Crippen LogP contribution in [0.1, 0.15) is 6.42 Å². The molecule has 0 saturated carbocycles. The van der Waals surface area contributed by atoms with Gasteiger partial charge < -0.3 is 10.0 Å².